The van der Waals surface area contributed by atoms with Crippen LogP contribution < -0.4 is 4.74 Å². The minimum Gasteiger partial charge on any atom is -0.489 e. The molecule has 0 amide bonds. The van der Waals surface area contributed by atoms with Gasteiger partial charge in [-0.05, 0) is 49.4 Å². The Morgan fingerprint density at radius 2 is 2.29 bits per heavy atom. The maximum absolute atomic E-state index is 9.01. The van der Waals surface area contributed by atoms with E-state index < -0.39 is 0 Å². The summed E-state index contributed by atoms with van der Waals surface area (Å²) in [6, 6.07) is 8.05. The molecule has 0 saturated heterocycles. The van der Waals surface area contributed by atoms with Crippen molar-refractivity contribution >= 4 is 11.6 Å². The molecule has 0 aromatic heterocycles. The Morgan fingerprint density at radius 3 is 3.00 bits per heavy atom. The number of nitriles is 1. The quantitative estimate of drug-likeness (QED) is 0.812. The van der Waals surface area contributed by atoms with E-state index in [9.17, 15) is 0 Å². The molecule has 1 aliphatic rings. The number of hydrogen-bond acceptors (Lipinski definition) is 2. The molecule has 1 saturated carbocycles. The van der Waals surface area contributed by atoms with Crippen molar-refractivity contribution in [3.63, 3.8) is 0 Å². The minimum absolute atomic E-state index is 0.0377. The second-order valence-corrected chi connectivity index (χ2v) is 4.84. The summed E-state index contributed by atoms with van der Waals surface area (Å²) in [7, 11) is 0. The van der Waals surface area contributed by atoms with Gasteiger partial charge in [0, 0.05) is 5.02 Å². The van der Waals surface area contributed by atoms with Crippen LogP contribution >= 0.6 is 11.6 Å². The molecular weight excluding hydrogens is 234 g/mol. The number of ether oxygens (including phenoxy) is 1. The van der Waals surface area contributed by atoms with Crippen molar-refractivity contribution in [2.75, 3.05) is 0 Å². The summed E-state index contributed by atoms with van der Waals surface area (Å²) in [5.41, 5.74) is 1.09. The van der Waals surface area contributed by atoms with Crippen LogP contribution in [0.3, 0.4) is 0 Å². The molecular formula is C14H16ClNO. The highest BCUT2D eigenvalue weighted by atomic mass is 35.5. The number of halogens is 1. The Kier molecular flexibility index (Phi) is 3.91. The lowest BCUT2D eigenvalue weighted by molar-refractivity contribution is 0.182. The second kappa shape index (κ2) is 5.42. The Labute approximate surface area is 107 Å². The van der Waals surface area contributed by atoms with Gasteiger partial charge in [0.2, 0.25) is 0 Å². The Balaban J connectivity index is 2.11. The molecule has 0 heterocycles. The van der Waals surface area contributed by atoms with Crippen LogP contribution in [0.4, 0.5) is 0 Å². The highest BCUT2D eigenvalue weighted by Gasteiger charge is 2.28. The normalized spacial score (nSPS) is 23.4. The van der Waals surface area contributed by atoms with Crippen molar-refractivity contribution in [3.05, 3.63) is 28.8 Å². The molecule has 3 heteroatoms. The van der Waals surface area contributed by atoms with Gasteiger partial charge in [-0.15, -0.1) is 0 Å². The first-order valence-electron chi connectivity index (χ1n) is 6.09. The van der Waals surface area contributed by atoms with Crippen molar-refractivity contribution in [2.24, 2.45) is 5.92 Å². The average Bonchev–Trinajstić information content (AvgIpc) is 2.79. The Morgan fingerprint density at radius 1 is 1.47 bits per heavy atom. The van der Waals surface area contributed by atoms with E-state index >= 15 is 0 Å². The van der Waals surface area contributed by atoms with Gasteiger partial charge in [-0.2, -0.15) is 5.26 Å². The highest BCUT2D eigenvalue weighted by Crippen LogP contribution is 2.30. The summed E-state index contributed by atoms with van der Waals surface area (Å²) in [5.74, 6) is 0.870. The topological polar surface area (TPSA) is 33.0 Å². The fourth-order valence-corrected chi connectivity index (χ4v) is 2.54. The minimum atomic E-state index is 0.0377. The fourth-order valence-electron chi connectivity index (χ4n) is 2.28. The third kappa shape index (κ3) is 2.73. The van der Waals surface area contributed by atoms with Crippen LogP contribution in [0, 0.1) is 17.2 Å². The van der Waals surface area contributed by atoms with Crippen LogP contribution in [0.5, 0.6) is 5.75 Å². The zero-order valence-corrected chi connectivity index (χ0v) is 10.7. The molecule has 2 unspecified atom stereocenters. The molecule has 17 heavy (non-hydrogen) atoms. The highest BCUT2D eigenvalue weighted by molar-refractivity contribution is 6.31. The maximum atomic E-state index is 9.01. The smallest absolute Gasteiger partial charge is 0.120 e. The van der Waals surface area contributed by atoms with E-state index in [2.05, 4.69) is 13.0 Å². The van der Waals surface area contributed by atoms with E-state index in [4.69, 9.17) is 21.6 Å². The third-order valence-electron chi connectivity index (χ3n) is 3.30. The molecule has 0 N–H and O–H groups in total. The van der Waals surface area contributed by atoms with Crippen LogP contribution in [0.15, 0.2) is 18.2 Å². The fraction of sp³-hybridized carbons (Fsp3) is 0.500. The van der Waals surface area contributed by atoms with Crippen LogP contribution in [-0.2, 0) is 6.42 Å². The van der Waals surface area contributed by atoms with Gasteiger partial charge < -0.3 is 4.74 Å². The summed E-state index contributed by atoms with van der Waals surface area (Å²) < 4.78 is 5.90. The van der Waals surface area contributed by atoms with E-state index in [1.807, 2.05) is 18.2 Å². The van der Waals surface area contributed by atoms with Crippen molar-refractivity contribution < 1.29 is 4.74 Å². The van der Waals surface area contributed by atoms with Gasteiger partial charge in [-0.3, -0.25) is 0 Å². The largest absolute Gasteiger partial charge is 0.489 e. The van der Waals surface area contributed by atoms with Gasteiger partial charge in [0.1, 0.15) is 11.9 Å². The lowest BCUT2D eigenvalue weighted by Crippen LogP contribution is -2.20. The second-order valence-electron chi connectivity index (χ2n) is 4.43. The summed E-state index contributed by atoms with van der Waals surface area (Å²) >= 11 is 6.06. The first-order valence-corrected chi connectivity index (χ1v) is 6.47. The number of benzene rings is 1. The molecule has 1 fully saturated rings. The molecule has 90 valence electrons. The molecule has 2 atom stereocenters. The van der Waals surface area contributed by atoms with Crippen LogP contribution in [-0.4, -0.2) is 6.10 Å². The number of rotatable bonds is 3. The standard InChI is InChI=1S/C14H16ClNO/c1-2-10-8-12(6-7-13(10)15)17-14-5-3-4-11(14)9-16/h6-8,11,14H,2-5H2,1H3. The van der Waals surface area contributed by atoms with E-state index in [-0.39, 0.29) is 12.0 Å². The van der Waals surface area contributed by atoms with Gasteiger partial charge in [0.05, 0.1) is 12.0 Å². The average molecular weight is 250 g/mol. The molecule has 1 aromatic rings. The van der Waals surface area contributed by atoms with E-state index in [1.165, 1.54) is 0 Å². The van der Waals surface area contributed by atoms with E-state index in [0.29, 0.717) is 0 Å². The summed E-state index contributed by atoms with van der Waals surface area (Å²) in [5, 5.41) is 9.79. The number of nitrogens with zero attached hydrogens (tertiary/aromatic N) is 1. The lowest BCUT2D eigenvalue weighted by Gasteiger charge is -2.17. The molecule has 1 aliphatic carbocycles. The summed E-state index contributed by atoms with van der Waals surface area (Å²) in [4.78, 5) is 0. The number of hydrogen-bond donors (Lipinski definition) is 0. The summed E-state index contributed by atoms with van der Waals surface area (Å²) in [6.45, 7) is 2.07. The molecule has 2 rings (SSSR count). The number of aryl methyl sites for hydroxylation is 1. The zero-order chi connectivity index (χ0) is 12.3. The molecule has 0 spiro atoms. The third-order valence-corrected chi connectivity index (χ3v) is 3.67. The molecule has 0 radical (unpaired) electrons. The molecule has 0 bridgehead atoms. The van der Waals surface area contributed by atoms with E-state index in [0.717, 1.165) is 42.0 Å². The van der Waals surface area contributed by atoms with Crippen LogP contribution in [0.25, 0.3) is 0 Å². The lowest BCUT2D eigenvalue weighted by atomic mass is 10.1. The predicted octanol–water partition coefficient (Wildman–Crippen LogP) is 3.97. The van der Waals surface area contributed by atoms with Gasteiger partial charge >= 0.3 is 0 Å². The Bertz CT molecular complexity index is 438. The van der Waals surface area contributed by atoms with Crippen molar-refractivity contribution in [3.8, 4) is 11.8 Å². The van der Waals surface area contributed by atoms with Crippen molar-refractivity contribution in [1.29, 1.82) is 5.26 Å². The van der Waals surface area contributed by atoms with E-state index in [1.54, 1.807) is 0 Å². The first kappa shape index (κ1) is 12.3. The van der Waals surface area contributed by atoms with Crippen molar-refractivity contribution in [2.45, 2.75) is 38.7 Å². The molecule has 2 nitrogen and oxygen atoms in total. The van der Waals surface area contributed by atoms with Gasteiger partial charge in [0.15, 0.2) is 0 Å². The zero-order valence-electron chi connectivity index (χ0n) is 9.95. The maximum Gasteiger partial charge on any atom is 0.120 e. The van der Waals surface area contributed by atoms with Crippen molar-refractivity contribution in [1.82, 2.24) is 0 Å². The SMILES string of the molecule is CCc1cc(OC2CCCC2C#N)ccc1Cl. The van der Waals surface area contributed by atoms with Gasteiger partial charge in [0.25, 0.3) is 0 Å². The summed E-state index contributed by atoms with van der Waals surface area (Å²) in [6.07, 6.45) is 3.95. The molecule has 1 aromatic carbocycles. The van der Waals surface area contributed by atoms with Gasteiger partial charge in [-0.25, -0.2) is 0 Å². The first-order chi connectivity index (χ1) is 8.24. The van der Waals surface area contributed by atoms with Crippen LogP contribution in [0.1, 0.15) is 31.7 Å². The predicted molar refractivity (Wildman–Crippen MR) is 68.2 cm³/mol. The van der Waals surface area contributed by atoms with Crippen LogP contribution in [0.2, 0.25) is 5.02 Å². The monoisotopic (exact) mass is 249 g/mol. The van der Waals surface area contributed by atoms with Gasteiger partial charge in [-0.1, -0.05) is 18.5 Å². The molecule has 0 aliphatic heterocycles. The Hall–Kier alpha value is -1.20.